The summed E-state index contributed by atoms with van der Waals surface area (Å²) in [6, 6.07) is 2.54. The fraction of sp³-hybridized carbons (Fsp3) is 0.273. The van der Waals surface area contributed by atoms with Crippen LogP contribution in [0.1, 0.15) is 12.5 Å². The summed E-state index contributed by atoms with van der Waals surface area (Å²) in [5.41, 5.74) is -0.942. The molecule has 1 rings (SSSR count). The highest BCUT2D eigenvalue weighted by molar-refractivity contribution is 9.19. The zero-order chi connectivity index (χ0) is 16.2. The first-order valence-electron chi connectivity index (χ1n) is 5.40. The van der Waals surface area contributed by atoms with E-state index in [0.29, 0.717) is 10.6 Å². The molecule has 116 valence electrons. The van der Waals surface area contributed by atoms with Crippen molar-refractivity contribution in [2.75, 3.05) is 11.1 Å². The van der Waals surface area contributed by atoms with Gasteiger partial charge in [0.1, 0.15) is 0 Å². The zero-order valence-electron chi connectivity index (χ0n) is 10.4. The molecule has 0 amide bonds. The van der Waals surface area contributed by atoms with Crippen molar-refractivity contribution in [3.63, 3.8) is 0 Å². The lowest BCUT2D eigenvalue weighted by atomic mass is 10.2. The van der Waals surface area contributed by atoms with Gasteiger partial charge in [0.15, 0.2) is 0 Å². The van der Waals surface area contributed by atoms with Crippen molar-refractivity contribution in [1.82, 2.24) is 0 Å². The molecule has 0 atom stereocenters. The lowest BCUT2D eigenvalue weighted by Gasteiger charge is -2.14. The summed E-state index contributed by atoms with van der Waals surface area (Å²) in [7, 11) is 0. The second kappa shape index (κ2) is 7.33. The van der Waals surface area contributed by atoms with Gasteiger partial charge in [0, 0.05) is 11.8 Å². The van der Waals surface area contributed by atoms with Crippen LogP contribution in [0.15, 0.2) is 23.3 Å². The molecular weight excluding hydrogens is 400 g/mol. The minimum atomic E-state index is -4.52. The van der Waals surface area contributed by atoms with E-state index in [2.05, 4.69) is 25.8 Å². The number of benzene rings is 1. The normalized spacial score (nSPS) is 12.2. The van der Waals surface area contributed by atoms with Gasteiger partial charge in [-0.1, -0.05) is 11.6 Å². The number of hydrazone groups is 1. The van der Waals surface area contributed by atoms with E-state index < -0.39 is 17.7 Å². The molecule has 0 aliphatic heterocycles. The van der Waals surface area contributed by atoms with Crippen LogP contribution in [0.5, 0.6) is 0 Å². The Hall–Kier alpha value is -0.990. The van der Waals surface area contributed by atoms with E-state index in [4.69, 9.17) is 23.4 Å². The first-order chi connectivity index (χ1) is 9.66. The standard InChI is InChI=1S/C11H8BrCl2F3N2O2/c1-2-21-10(20)9(12)18-19(14)8-4-3-6(5-7(8)13)11(15,16)17/h3-5H,2H2,1H3. The number of ether oxygens (including phenoxy) is 1. The number of hydrogen-bond acceptors (Lipinski definition) is 4. The molecule has 0 saturated carbocycles. The van der Waals surface area contributed by atoms with Crippen LogP contribution in [-0.2, 0) is 15.7 Å². The number of hydrogen-bond donors (Lipinski definition) is 0. The SMILES string of the molecule is CCOC(=O)C(Br)=NN(Cl)c1ccc(C(F)(F)F)cc1Cl. The van der Waals surface area contributed by atoms with Gasteiger partial charge in [-0.15, -0.1) is 5.10 Å². The van der Waals surface area contributed by atoms with Gasteiger partial charge in [-0.2, -0.15) is 17.7 Å². The summed E-state index contributed by atoms with van der Waals surface area (Å²) in [5.74, 6) is -0.772. The summed E-state index contributed by atoms with van der Waals surface area (Å²) in [6.07, 6.45) is -4.52. The summed E-state index contributed by atoms with van der Waals surface area (Å²) >= 11 is 14.3. The Morgan fingerprint density at radius 1 is 1.48 bits per heavy atom. The smallest absolute Gasteiger partial charge is 0.416 e. The van der Waals surface area contributed by atoms with E-state index in [1.54, 1.807) is 6.92 Å². The molecular formula is C11H8BrCl2F3N2O2. The number of carbonyl (C=O) groups is 1. The molecule has 1 aromatic rings. The second-order valence-corrected chi connectivity index (χ2v) is 5.01. The third-order valence-electron chi connectivity index (χ3n) is 2.09. The highest BCUT2D eigenvalue weighted by Crippen LogP contribution is 2.35. The van der Waals surface area contributed by atoms with E-state index >= 15 is 0 Å². The Morgan fingerprint density at radius 3 is 2.57 bits per heavy atom. The number of anilines is 1. The molecule has 0 spiro atoms. The predicted molar refractivity (Wildman–Crippen MR) is 77.8 cm³/mol. The maximum Gasteiger partial charge on any atom is 0.416 e. The number of alkyl halides is 3. The van der Waals surface area contributed by atoms with Crippen LogP contribution in [0.4, 0.5) is 18.9 Å². The molecule has 0 bridgehead atoms. The average molecular weight is 408 g/mol. The number of nitrogens with zero attached hydrogens (tertiary/aromatic N) is 2. The third-order valence-corrected chi connectivity index (χ3v) is 3.14. The molecule has 21 heavy (non-hydrogen) atoms. The zero-order valence-corrected chi connectivity index (χ0v) is 13.5. The Morgan fingerprint density at radius 2 is 2.10 bits per heavy atom. The Kier molecular flexibility index (Phi) is 6.30. The second-order valence-electron chi connectivity index (χ2n) is 3.54. The van der Waals surface area contributed by atoms with Gasteiger partial charge in [0.05, 0.1) is 22.9 Å². The largest absolute Gasteiger partial charge is 0.461 e. The molecule has 0 aliphatic rings. The molecule has 4 nitrogen and oxygen atoms in total. The number of esters is 1. The van der Waals surface area contributed by atoms with Crippen LogP contribution >= 0.6 is 39.3 Å². The molecule has 0 fully saturated rings. The number of rotatable bonds is 4. The van der Waals surface area contributed by atoms with Crippen LogP contribution in [0.2, 0.25) is 5.02 Å². The molecule has 0 unspecified atom stereocenters. The van der Waals surface area contributed by atoms with Crippen LogP contribution < -0.4 is 4.53 Å². The van der Waals surface area contributed by atoms with Crippen molar-refractivity contribution < 1.29 is 22.7 Å². The monoisotopic (exact) mass is 406 g/mol. The number of halogens is 6. The maximum atomic E-state index is 12.5. The molecule has 0 aromatic heterocycles. The van der Waals surface area contributed by atoms with Gasteiger partial charge in [0.2, 0.25) is 4.62 Å². The Balaban J connectivity index is 3.01. The van der Waals surface area contributed by atoms with Crippen molar-refractivity contribution in [3.8, 4) is 0 Å². The van der Waals surface area contributed by atoms with Crippen molar-refractivity contribution >= 4 is 55.6 Å². The first-order valence-corrected chi connectivity index (χ1v) is 6.91. The number of carbonyl (C=O) groups excluding carboxylic acids is 1. The summed E-state index contributed by atoms with van der Waals surface area (Å²) < 4.78 is 42.5. The average Bonchev–Trinajstić information content (AvgIpc) is 2.37. The minimum Gasteiger partial charge on any atom is -0.461 e. The Bertz CT molecular complexity index is 567. The van der Waals surface area contributed by atoms with E-state index in [1.807, 2.05) is 0 Å². The first kappa shape index (κ1) is 18.1. The molecule has 0 N–H and O–H groups in total. The van der Waals surface area contributed by atoms with Crippen molar-refractivity contribution in [2.24, 2.45) is 5.10 Å². The molecule has 1 aromatic carbocycles. The predicted octanol–water partition coefficient (Wildman–Crippen LogP) is 4.59. The van der Waals surface area contributed by atoms with Crippen molar-refractivity contribution in [2.45, 2.75) is 13.1 Å². The van der Waals surface area contributed by atoms with Gasteiger partial charge < -0.3 is 4.74 Å². The molecule has 0 aliphatic carbocycles. The van der Waals surface area contributed by atoms with Crippen LogP contribution in [0.3, 0.4) is 0 Å². The van der Waals surface area contributed by atoms with Crippen molar-refractivity contribution in [1.29, 1.82) is 0 Å². The van der Waals surface area contributed by atoms with Gasteiger partial charge in [-0.05, 0) is 41.1 Å². The molecule has 0 saturated heterocycles. The summed E-state index contributed by atoms with van der Waals surface area (Å²) in [4.78, 5) is 11.3. The fourth-order valence-electron chi connectivity index (χ4n) is 1.20. The van der Waals surface area contributed by atoms with Crippen LogP contribution in [0.25, 0.3) is 0 Å². The highest BCUT2D eigenvalue weighted by Gasteiger charge is 2.31. The third kappa shape index (κ3) is 5.05. The topological polar surface area (TPSA) is 41.9 Å². The minimum absolute atomic E-state index is 0.0208. The summed E-state index contributed by atoms with van der Waals surface area (Å²) in [5, 5.41) is 3.34. The van der Waals surface area contributed by atoms with E-state index in [1.165, 1.54) is 0 Å². The van der Waals surface area contributed by atoms with E-state index in [-0.39, 0.29) is 21.9 Å². The highest BCUT2D eigenvalue weighted by atomic mass is 79.9. The fourth-order valence-corrected chi connectivity index (χ4v) is 2.09. The van der Waals surface area contributed by atoms with Gasteiger partial charge in [0.25, 0.3) is 0 Å². The molecule has 0 radical (unpaired) electrons. The van der Waals surface area contributed by atoms with Crippen LogP contribution in [0, 0.1) is 0 Å². The molecule has 10 heteroatoms. The van der Waals surface area contributed by atoms with E-state index in [0.717, 1.165) is 12.1 Å². The van der Waals surface area contributed by atoms with Crippen LogP contribution in [-0.4, -0.2) is 17.2 Å². The summed E-state index contributed by atoms with van der Waals surface area (Å²) in [6.45, 7) is 1.73. The van der Waals surface area contributed by atoms with E-state index in [9.17, 15) is 18.0 Å². The quantitative estimate of drug-likeness (QED) is 0.317. The lowest BCUT2D eigenvalue weighted by molar-refractivity contribution is -0.137. The van der Waals surface area contributed by atoms with Crippen molar-refractivity contribution in [3.05, 3.63) is 28.8 Å². The molecule has 0 heterocycles. The van der Waals surface area contributed by atoms with Gasteiger partial charge >= 0.3 is 12.1 Å². The van der Waals surface area contributed by atoms with Gasteiger partial charge in [-0.3, -0.25) is 0 Å². The lowest BCUT2D eigenvalue weighted by Crippen LogP contribution is -2.15. The van der Waals surface area contributed by atoms with Gasteiger partial charge in [-0.25, -0.2) is 4.79 Å². The Labute approximate surface area is 136 Å². The maximum absolute atomic E-state index is 12.5.